The average molecular weight is 309 g/mol. The predicted molar refractivity (Wildman–Crippen MR) is 90.3 cm³/mol. The number of carboxylic acid groups (broad SMARTS) is 1. The Morgan fingerprint density at radius 1 is 1.30 bits per heavy atom. The largest absolute Gasteiger partial charge is 0.478 e. The van der Waals surface area contributed by atoms with Gasteiger partial charge in [-0.25, -0.2) is 4.79 Å². The van der Waals surface area contributed by atoms with Crippen LogP contribution in [0.2, 0.25) is 0 Å². The van der Waals surface area contributed by atoms with Crippen LogP contribution in [0.15, 0.2) is 48.7 Å². The zero-order chi connectivity index (χ0) is 16.2. The van der Waals surface area contributed by atoms with Gasteiger partial charge in [0.15, 0.2) is 0 Å². The van der Waals surface area contributed by atoms with Gasteiger partial charge in [0.05, 0.1) is 5.52 Å². The number of para-hydroxylation sites is 1. The Hall–Kier alpha value is -2.62. The molecule has 0 bridgehead atoms. The van der Waals surface area contributed by atoms with Crippen molar-refractivity contribution in [3.8, 4) is 0 Å². The molecule has 3 rings (SSSR count). The standard InChI is InChI=1S/C19H19NO3/c21-18(12-14-6-2-1-3-7-14)20-13-15(10-11-19(22)23)16-8-4-5-9-17(16)20/h2,4-6,8-11,13-14H,1,3,7,12H2,(H,22,23)/b11-10+. The van der Waals surface area contributed by atoms with Crippen molar-refractivity contribution in [2.24, 2.45) is 5.92 Å². The highest BCUT2D eigenvalue weighted by atomic mass is 16.4. The quantitative estimate of drug-likeness (QED) is 0.682. The summed E-state index contributed by atoms with van der Waals surface area (Å²) in [5.74, 6) is -0.649. The normalized spacial score (nSPS) is 17.8. The monoisotopic (exact) mass is 309 g/mol. The maximum atomic E-state index is 12.7. The zero-order valence-corrected chi connectivity index (χ0v) is 12.8. The van der Waals surface area contributed by atoms with E-state index in [1.165, 1.54) is 6.08 Å². The third kappa shape index (κ3) is 3.42. The van der Waals surface area contributed by atoms with Crippen LogP contribution in [0.4, 0.5) is 0 Å². The number of benzene rings is 1. The smallest absolute Gasteiger partial charge is 0.328 e. The Morgan fingerprint density at radius 3 is 2.87 bits per heavy atom. The number of nitrogens with zero attached hydrogens (tertiary/aromatic N) is 1. The first kappa shape index (κ1) is 15.3. The third-order valence-electron chi connectivity index (χ3n) is 4.21. The highest BCUT2D eigenvalue weighted by Crippen LogP contribution is 2.25. The highest BCUT2D eigenvalue weighted by Gasteiger charge is 2.17. The molecule has 1 atom stereocenters. The number of aliphatic carboxylic acids is 1. The molecule has 0 aliphatic heterocycles. The molecule has 0 fully saturated rings. The second kappa shape index (κ2) is 6.65. The summed E-state index contributed by atoms with van der Waals surface area (Å²) in [7, 11) is 0. The minimum atomic E-state index is -1.000. The van der Waals surface area contributed by atoms with E-state index in [-0.39, 0.29) is 5.91 Å². The van der Waals surface area contributed by atoms with E-state index in [1.54, 1.807) is 10.8 Å². The summed E-state index contributed by atoms with van der Waals surface area (Å²) in [4.78, 5) is 23.4. The average Bonchev–Trinajstić information content (AvgIpc) is 2.93. The summed E-state index contributed by atoms with van der Waals surface area (Å²) in [5, 5.41) is 9.70. The van der Waals surface area contributed by atoms with Crippen LogP contribution in [0, 0.1) is 5.92 Å². The Kier molecular flexibility index (Phi) is 4.42. The van der Waals surface area contributed by atoms with E-state index in [0.717, 1.165) is 41.8 Å². The van der Waals surface area contributed by atoms with Gasteiger partial charge in [0.25, 0.3) is 0 Å². The number of aromatic nitrogens is 1. The second-order valence-corrected chi connectivity index (χ2v) is 5.86. The number of carbonyl (C=O) groups is 2. The Morgan fingerprint density at radius 2 is 2.13 bits per heavy atom. The van der Waals surface area contributed by atoms with Crippen LogP contribution in [0.5, 0.6) is 0 Å². The van der Waals surface area contributed by atoms with Gasteiger partial charge in [-0.3, -0.25) is 9.36 Å². The van der Waals surface area contributed by atoms with Crippen LogP contribution in [0.25, 0.3) is 17.0 Å². The van der Waals surface area contributed by atoms with Crippen LogP contribution >= 0.6 is 0 Å². The maximum Gasteiger partial charge on any atom is 0.328 e. The van der Waals surface area contributed by atoms with Crippen molar-refractivity contribution in [3.63, 3.8) is 0 Å². The molecular formula is C19H19NO3. The molecule has 4 nitrogen and oxygen atoms in total. The van der Waals surface area contributed by atoms with Gasteiger partial charge in [0.1, 0.15) is 0 Å². The molecule has 1 heterocycles. The fraction of sp³-hybridized carbons (Fsp3) is 0.263. The molecule has 1 unspecified atom stereocenters. The summed E-state index contributed by atoms with van der Waals surface area (Å²) in [6, 6.07) is 7.57. The highest BCUT2D eigenvalue weighted by molar-refractivity contribution is 5.99. The van der Waals surface area contributed by atoms with Crippen LogP contribution in [-0.2, 0) is 4.79 Å². The molecule has 1 aromatic heterocycles. The number of hydrogen-bond acceptors (Lipinski definition) is 2. The molecular weight excluding hydrogens is 290 g/mol. The molecule has 1 N–H and O–H groups in total. The molecule has 0 radical (unpaired) electrons. The summed E-state index contributed by atoms with van der Waals surface area (Å²) < 4.78 is 1.65. The lowest BCUT2D eigenvalue weighted by molar-refractivity contribution is -0.131. The van der Waals surface area contributed by atoms with Crippen molar-refractivity contribution >= 4 is 28.9 Å². The number of rotatable bonds is 4. The van der Waals surface area contributed by atoms with Gasteiger partial charge in [0, 0.05) is 29.6 Å². The van der Waals surface area contributed by atoms with Gasteiger partial charge < -0.3 is 5.11 Å². The molecule has 23 heavy (non-hydrogen) atoms. The molecule has 1 aliphatic rings. The predicted octanol–water partition coefficient (Wildman–Crippen LogP) is 4.13. The molecule has 118 valence electrons. The van der Waals surface area contributed by atoms with E-state index in [9.17, 15) is 9.59 Å². The molecule has 0 spiro atoms. The second-order valence-electron chi connectivity index (χ2n) is 5.86. The molecule has 0 saturated carbocycles. The fourth-order valence-electron chi connectivity index (χ4n) is 3.08. The lowest BCUT2D eigenvalue weighted by atomic mass is 9.93. The minimum Gasteiger partial charge on any atom is -0.478 e. The first-order valence-corrected chi connectivity index (χ1v) is 7.86. The van der Waals surface area contributed by atoms with E-state index < -0.39 is 5.97 Å². The van der Waals surface area contributed by atoms with E-state index >= 15 is 0 Å². The van der Waals surface area contributed by atoms with E-state index in [0.29, 0.717) is 12.3 Å². The van der Waals surface area contributed by atoms with E-state index in [1.807, 2.05) is 24.3 Å². The SMILES string of the molecule is O=C(O)/C=C/c1cn(C(=O)CC2C=CCCC2)c2ccccc12. The number of fused-ring (bicyclic) bond motifs is 1. The number of allylic oxidation sites excluding steroid dienone is 2. The van der Waals surface area contributed by atoms with Gasteiger partial charge in [-0.2, -0.15) is 0 Å². The molecule has 4 heteroatoms. The minimum absolute atomic E-state index is 0.0488. The van der Waals surface area contributed by atoms with Crippen LogP contribution in [0.1, 0.15) is 36.0 Å². The Bertz CT molecular complexity index is 798. The first-order chi connectivity index (χ1) is 11.1. The maximum absolute atomic E-state index is 12.7. The third-order valence-corrected chi connectivity index (χ3v) is 4.21. The lowest BCUT2D eigenvalue weighted by Crippen LogP contribution is -2.14. The van der Waals surface area contributed by atoms with Gasteiger partial charge >= 0.3 is 5.97 Å². The van der Waals surface area contributed by atoms with Crippen molar-refractivity contribution in [2.45, 2.75) is 25.7 Å². The molecule has 1 aromatic carbocycles. The van der Waals surface area contributed by atoms with Crippen LogP contribution in [-0.4, -0.2) is 21.6 Å². The number of hydrogen-bond donors (Lipinski definition) is 1. The topological polar surface area (TPSA) is 59.3 Å². The van der Waals surface area contributed by atoms with Crippen molar-refractivity contribution in [1.29, 1.82) is 0 Å². The lowest BCUT2D eigenvalue weighted by Gasteiger charge is -2.15. The number of carboxylic acids is 1. The Balaban J connectivity index is 1.93. The van der Waals surface area contributed by atoms with Crippen molar-refractivity contribution in [2.75, 3.05) is 0 Å². The van der Waals surface area contributed by atoms with Gasteiger partial charge in [-0.05, 0) is 37.3 Å². The molecule has 0 amide bonds. The fourth-order valence-corrected chi connectivity index (χ4v) is 3.08. The van der Waals surface area contributed by atoms with Crippen LogP contribution < -0.4 is 0 Å². The summed E-state index contributed by atoms with van der Waals surface area (Å²) >= 11 is 0. The first-order valence-electron chi connectivity index (χ1n) is 7.86. The van der Waals surface area contributed by atoms with Gasteiger partial charge in [0.2, 0.25) is 5.91 Å². The molecule has 0 saturated heterocycles. The van der Waals surface area contributed by atoms with Crippen molar-refractivity contribution in [3.05, 3.63) is 54.3 Å². The van der Waals surface area contributed by atoms with E-state index in [2.05, 4.69) is 12.2 Å². The molecule has 2 aromatic rings. The molecule has 1 aliphatic carbocycles. The van der Waals surface area contributed by atoms with Crippen molar-refractivity contribution in [1.82, 2.24) is 4.57 Å². The van der Waals surface area contributed by atoms with Gasteiger partial charge in [-0.15, -0.1) is 0 Å². The summed E-state index contributed by atoms with van der Waals surface area (Å²) in [5.41, 5.74) is 1.57. The van der Waals surface area contributed by atoms with Crippen LogP contribution in [0.3, 0.4) is 0 Å². The van der Waals surface area contributed by atoms with E-state index in [4.69, 9.17) is 5.11 Å². The van der Waals surface area contributed by atoms with Gasteiger partial charge in [-0.1, -0.05) is 30.4 Å². The van der Waals surface area contributed by atoms with Crippen molar-refractivity contribution < 1.29 is 14.7 Å². The Labute approximate surface area is 134 Å². The zero-order valence-electron chi connectivity index (χ0n) is 12.8. The number of carbonyl (C=O) groups excluding carboxylic acids is 1. The summed E-state index contributed by atoms with van der Waals surface area (Å²) in [6.07, 6.45) is 12.4. The summed E-state index contributed by atoms with van der Waals surface area (Å²) in [6.45, 7) is 0.